The van der Waals surface area contributed by atoms with Crippen molar-refractivity contribution < 1.29 is 27.8 Å². The molecule has 0 bridgehead atoms. The molecule has 1 aromatic heterocycles. The smallest absolute Gasteiger partial charge is 0.389 e. The predicted molar refractivity (Wildman–Crippen MR) is 145 cm³/mol. The van der Waals surface area contributed by atoms with Crippen molar-refractivity contribution >= 4 is 11.6 Å². The van der Waals surface area contributed by atoms with E-state index in [2.05, 4.69) is 22.4 Å². The van der Waals surface area contributed by atoms with Gasteiger partial charge in [0.15, 0.2) is 0 Å². The molecular formula is C30H34F3N5O3. The van der Waals surface area contributed by atoms with Crippen molar-refractivity contribution in [3.8, 4) is 0 Å². The van der Waals surface area contributed by atoms with Gasteiger partial charge in [0, 0.05) is 50.3 Å². The second-order valence-electron chi connectivity index (χ2n) is 12.0. The van der Waals surface area contributed by atoms with Gasteiger partial charge in [-0.2, -0.15) is 13.2 Å². The van der Waals surface area contributed by atoms with Crippen LogP contribution in [-0.2, 0) is 31.1 Å². The number of methoxy groups -OCH3 is 1. The minimum Gasteiger partial charge on any atom is -0.389 e. The van der Waals surface area contributed by atoms with E-state index in [4.69, 9.17) is 4.74 Å². The highest BCUT2D eigenvalue weighted by Gasteiger charge is 2.51. The highest BCUT2D eigenvalue weighted by Crippen LogP contribution is 2.48. The minimum absolute atomic E-state index is 0.0167. The number of aryl methyl sites for hydroxylation is 1. The van der Waals surface area contributed by atoms with E-state index >= 15 is 0 Å². The van der Waals surface area contributed by atoms with Gasteiger partial charge < -0.3 is 24.6 Å². The van der Waals surface area contributed by atoms with E-state index in [1.54, 1.807) is 49.3 Å². The number of ether oxygens (including phenoxy) is 1. The highest BCUT2D eigenvalue weighted by atomic mass is 19.4. The first-order chi connectivity index (χ1) is 19.4. The summed E-state index contributed by atoms with van der Waals surface area (Å²) in [5.74, 6) is -0.499. The first kappa shape index (κ1) is 27.9. The van der Waals surface area contributed by atoms with Crippen molar-refractivity contribution in [1.29, 1.82) is 0 Å². The van der Waals surface area contributed by atoms with Crippen molar-refractivity contribution in [2.45, 2.75) is 81.5 Å². The summed E-state index contributed by atoms with van der Waals surface area (Å²) in [6.45, 7) is 2.14. The largest absolute Gasteiger partial charge is 0.416 e. The molecule has 218 valence electrons. The molecule has 8 nitrogen and oxygen atoms in total. The number of amides is 1. The molecule has 2 N–H and O–H groups in total. The fraction of sp³-hybridized carbons (Fsp3) is 0.500. The van der Waals surface area contributed by atoms with Crippen molar-refractivity contribution in [1.82, 2.24) is 20.1 Å². The predicted octanol–water partition coefficient (Wildman–Crippen LogP) is 4.70. The maximum absolute atomic E-state index is 14.2. The zero-order chi connectivity index (χ0) is 29.2. The number of halogens is 3. The van der Waals surface area contributed by atoms with Crippen LogP contribution in [0.1, 0.15) is 83.4 Å². The average Bonchev–Trinajstić information content (AvgIpc) is 3.46. The second kappa shape index (κ2) is 9.92. The Morgan fingerprint density at radius 1 is 1.22 bits per heavy atom. The fourth-order valence-electron chi connectivity index (χ4n) is 6.49. The summed E-state index contributed by atoms with van der Waals surface area (Å²) in [4.78, 5) is 15.0. The standard InChI is InChI=1S/C30H34F3N5O3/c1-28(8-5-9-28)34-15-18-10-22-23(24(11-18)30(31,32)33)16-38(27(22)39)20-7-4-6-19(12-20)25(26-36-35-17-37(26)2)29(40)13-21(14-29)41-3/h4,6-7,10-12,17,21,25,34,40H,5,8-9,13-16H2,1-3H3. The molecular weight excluding hydrogens is 535 g/mol. The maximum atomic E-state index is 14.2. The van der Waals surface area contributed by atoms with Crippen molar-refractivity contribution in [3.05, 3.63) is 76.4 Å². The van der Waals surface area contributed by atoms with Gasteiger partial charge in [0.25, 0.3) is 5.91 Å². The average molecular weight is 570 g/mol. The number of fused-ring (bicyclic) bond motifs is 1. The number of aliphatic hydroxyl groups is 1. The van der Waals surface area contributed by atoms with Crippen molar-refractivity contribution in [3.63, 3.8) is 0 Å². The molecule has 3 aliphatic rings. The SMILES string of the molecule is COC1CC(O)(C(c2cccc(N3Cc4c(cc(CNC5(C)CCC5)cc4C(F)(F)F)C3=O)c2)c2nncn2C)C1. The van der Waals surface area contributed by atoms with Crippen LogP contribution in [0.3, 0.4) is 0 Å². The Hall–Kier alpha value is -3.28. The molecule has 11 heteroatoms. The molecule has 1 aliphatic heterocycles. The molecule has 3 aromatic rings. The third kappa shape index (κ3) is 4.93. The van der Waals surface area contributed by atoms with Crippen LogP contribution in [0.25, 0.3) is 0 Å². The molecule has 2 aromatic carbocycles. The summed E-state index contributed by atoms with van der Waals surface area (Å²) in [6.07, 6.45) is 0.696. The Morgan fingerprint density at radius 2 is 1.98 bits per heavy atom. The normalized spacial score (nSPS) is 24.1. The van der Waals surface area contributed by atoms with Gasteiger partial charge in [-0.15, -0.1) is 10.2 Å². The number of nitrogens with zero attached hydrogens (tertiary/aromatic N) is 4. The quantitative estimate of drug-likeness (QED) is 0.409. The van der Waals surface area contributed by atoms with E-state index in [1.807, 2.05) is 6.07 Å². The zero-order valence-corrected chi connectivity index (χ0v) is 23.3. The number of rotatable bonds is 8. The van der Waals surface area contributed by atoms with Crippen LogP contribution in [0.2, 0.25) is 0 Å². The fourth-order valence-corrected chi connectivity index (χ4v) is 6.49. The lowest BCUT2D eigenvalue weighted by molar-refractivity contribution is -0.138. The van der Waals surface area contributed by atoms with Gasteiger partial charge in [0.1, 0.15) is 12.2 Å². The number of carbonyl (C=O) groups excluding carboxylic acids is 1. The van der Waals surface area contributed by atoms with Crippen LogP contribution >= 0.6 is 0 Å². The highest BCUT2D eigenvalue weighted by molar-refractivity contribution is 6.10. The van der Waals surface area contributed by atoms with Crippen LogP contribution in [0.15, 0.2) is 42.7 Å². The van der Waals surface area contributed by atoms with Crippen LogP contribution in [0.4, 0.5) is 18.9 Å². The lowest BCUT2D eigenvalue weighted by Gasteiger charge is -2.47. The van der Waals surface area contributed by atoms with Crippen LogP contribution in [0, 0.1) is 0 Å². The Bertz CT molecular complexity index is 1480. The number of anilines is 1. The van der Waals surface area contributed by atoms with Gasteiger partial charge in [-0.05, 0) is 67.1 Å². The number of hydrogen-bond donors (Lipinski definition) is 2. The van der Waals surface area contributed by atoms with Gasteiger partial charge in [0.2, 0.25) is 0 Å². The molecule has 2 fully saturated rings. The molecule has 1 atom stereocenters. The van der Waals surface area contributed by atoms with Crippen LogP contribution in [-0.4, -0.2) is 50.1 Å². The number of nitrogens with one attached hydrogen (secondary N) is 1. The molecule has 0 radical (unpaired) electrons. The first-order valence-electron chi connectivity index (χ1n) is 13.9. The van der Waals surface area contributed by atoms with E-state index in [-0.39, 0.29) is 35.9 Å². The summed E-state index contributed by atoms with van der Waals surface area (Å²) in [5, 5.41) is 23.2. The molecule has 2 heterocycles. The van der Waals surface area contributed by atoms with E-state index in [0.717, 1.165) is 19.3 Å². The summed E-state index contributed by atoms with van der Waals surface area (Å²) in [7, 11) is 3.39. The second-order valence-corrected chi connectivity index (χ2v) is 12.0. The molecule has 2 aliphatic carbocycles. The molecule has 0 saturated heterocycles. The number of carbonyl (C=O) groups is 1. The van der Waals surface area contributed by atoms with Crippen LogP contribution < -0.4 is 10.2 Å². The summed E-state index contributed by atoms with van der Waals surface area (Å²) >= 11 is 0. The lowest BCUT2D eigenvalue weighted by Crippen LogP contribution is -2.53. The molecule has 1 unspecified atom stereocenters. The Morgan fingerprint density at radius 3 is 2.59 bits per heavy atom. The van der Waals surface area contributed by atoms with Gasteiger partial charge in [0.05, 0.1) is 29.7 Å². The van der Waals surface area contributed by atoms with Gasteiger partial charge in [-0.3, -0.25) is 4.79 Å². The number of hydrogen-bond acceptors (Lipinski definition) is 6. The van der Waals surface area contributed by atoms with Crippen LogP contribution in [0.5, 0.6) is 0 Å². The number of aromatic nitrogens is 3. The molecule has 0 spiro atoms. The molecule has 2 saturated carbocycles. The van der Waals surface area contributed by atoms with Gasteiger partial charge >= 0.3 is 6.18 Å². The monoisotopic (exact) mass is 569 g/mol. The van der Waals surface area contributed by atoms with E-state index in [1.165, 1.54) is 11.0 Å². The summed E-state index contributed by atoms with van der Waals surface area (Å²) in [5.41, 5.74) is -0.366. The Balaban J connectivity index is 1.34. The molecule has 41 heavy (non-hydrogen) atoms. The van der Waals surface area contributed by atoms with Gasteiger partial charge in [-0.25, -0.2) is 0 Å². The van der Waals surface area contributed by atoms with E-state index in [0.29, 0.717) is 35.5 Å². The topological polar surface area (TPSA) is 92.5 Å². The first-order valence-corrected chi connectivity index (χ1v) is 13.9. The lowest BCUT2D eigenvalue weighted by atomic mass is 9.66. The third-order valence-electron chi connectivity index (χ3n) is 9.14. The Labute approximate surface area is 236 Å². The molecule has 6 rings (SSSR count). The number of alkyl halides is 3. The zero-order valence-electron chi connectivity index (χ0n) is 23.3. The minimum atomic E-state index is -4.60. The van der Waals surface area contributed by atoms with Crippen molar-refractivity contribution in [2.75, 3.05) is 12.0 Å². The molecule has 1 amide bonds. The summed E-state index contributed by atoms with van der Waals surface area (Å²) < 4.78 is 49.8. The van der Waals surface area contributed by atoms with Gasteiger partial charge in [-0.1, -0.05) is 12.1 Å². The van der Waals surface area contributed by atoms with E-state index < -0.39 is 29.2 Å². The van der Waals surface area contributed by atoms with Crippen molar-refractivity contribution in [2.24, 2.45) is 7.05 Å². The Kier molecular flexibility index (Phi) is 6.74. The number of benzene rings is 2. The third-order valence-corrected chi connectivity index (χ3v) is 9.14. The van der Waals surface area contributed by atoms with E-state index in [9.17, 15) is 23.1 Å². The maximum Gasteiger partial charge on any atom is 0.416 e. The summed E-state index contributed by atoms with van der Waals surface area (Å²) in [6, 6.07) is 9.81.